The van der Waals surface area contributed by atoms with Crippen LogP contribution in [-0.4, -0.2) is 53.5 Å². The molecule has 0 spiro atoms. The Balaban J connectivity index is 1.76. The molecule has 1 saturated heterocycles. The highest BCUT2D eigenvalue weighted by molar-refractivity contribution is 7.91. The van der Waals surface area contributed by atoms with Crippen molar-refractivity contribution in [2.24, 2.45) is 5.10 Å². The Kier molecular flexibility index (Phi) is 4.12. The van der Waals surface area contributed by atoms with Gasteiger partial charge in [0.25, 0.3) is 5.91 Å². The summed E-state index contributed by atoms with van der Waals surface area (Å²) < 4.78 is 23.2. The summed E-state index contributed by atoms with van der Waals surface area (Å²) in [5.74, 6) is -0.682. The van der Waals surface area contributed by atoms with E-state index in [4.69, 9.17) is 0 Å². The maximum absolute atomic E-state index is 12.2. The molecule has 122 valence electrons. The minimum Gasteiger partial charge on any atom is -0.321 e. The maximum Gasteiger partial charge on any atom is 0.271 e. The van der Waals surface area contributed by atoms with E-state index < -0.39 is 21.8 Å². The van der Waals surface area contributed by atoms with Crippen LogP contribution in [0.5, 0.6) is 0 Å². The van der Waals surface area contributed by atoms with Crippen molar-refractivity contribution in [1.82, 2.24) is 9.99 Å². The average Bonchev–Trinajstić information content (AvgIpc) is 2.88. The molecule has 0 bridgehead atoms. The maximum atomic E-state index is 12.2. The number of rotatable bonds is 3. The summed E-state index contributed by atoms with van der Waals surface area (Å²) in [6.07, 6.45) is 3.86. The van der Waals surface area contributed by atoms with Gasteiger partial charge in [-0.3, -0.25) is 14.6 Å². The van der Waals surface area contributed by atoms with Gasteiger partial charge in [-0.25, -0.2) is 13.4 Å². The minimum atomic E-state index is -3.13. The fourth-order valence-electron chi connectivity index (χ4n) is 2.63. The number of anilines is 1. The van der Waals surface area contributed by atoms with Gasteiger partial charge in [-0.1, -0.05) is 0 Å². The lowest BCUT2D eigenvalue weighted by Crippen LogP contribution is -2.42. The van der Waals surface area contributed by atoms with Gasteiger partial charge in [-0.05, 0) is 18.6 Å². The molecule has 0 saturated carbocycles. The molecule has 2 aliphatic rings. The van der Waals surface area contributed by atoms with E-state index >= 15 is 0 Å². The van der Waals surface area contributed by atoms with Crippen LogP contribution in [0.4, 0.5) is 5.69 Å². The van der Waals surface area contributed by atoms with Crippen LogP contribution in [0.25, 0.3) is 0 Å². The molecule has 8 nitrogen and oxygen atoms in total. The smallest absolute Gasteiger partial charge is 0.271 e. The quantitative estimate of drug-likeness (QED) is 0.847. The SMILES string of the molecule is O=C(Nc1ccncc1)C1=NN([C@H]2CCS(=O)(=O)C2)C(=O)CC1. The predicted molar refractivity (Wildman–Crippen MR) is 83.4 cm³/mol. The first-order chi connectivity index (χ1) is 10.9. The van der Waals surface area contributed by atoms with Gasteiger partial charge < -0.3 is 5.32 Å². The van der Waals surface area contributed by atoms with Gasteiger partial charge in [-0.15, -0.1) is 0 Å². The molecule has 2 aliphatic heterocycles. The van der Waals surface area contributed by atoms with Crippen molar-refractivity contribution in [2.75, 3.05) is 16.8 Å². The van der Waals surface area contributed by atoms with Crippen molar-refractivity contribution in [3.63, 3.8) is 0 Å². The van der Waals surface area contributed by atoms with Crippen molar-refractivity contribution in [3.8, 4) is 0 Å². The van der Waals surface area contributed by atoms with Crippen LogP contribution in [0.2, 0.25) is 0 Å². The molecule has 1 aromatic heterocycles. The second kappa shape index (κ2) is 6.07. The van der Waals surface area contributed by atoms with Crippen molar-refractivity contribution in [3.05, 3.63) is 24.5 Å². The van der Waals surface area contributed by atoms with E-state index in [0.29, 0.717) is 12.1 Å². The molecule has 1 aromatic rings. The van der Waals surface area contributed by atoms with E-state index in [2.05, 4.69) is 15.4 Å². The topological polar surface area (TPSA) is 109 Å². The second-order valence-electron chi connectivity index (χ2n) is 5.53. The zero-order valence-corrected chi connectivity index (χ0v) is 13.1. The van der Waals surface area contributed by atoms with Crippen molar-refractivity contribution in [2.45, 2.75) is 25.3 Å². The van der Waals surface area contributed by atoms with Gasteiger partial charge in [0.2, 0.25) is 5.91 Å². The Hall–Kier alpha value is -2.29. The first kappa shape index (κ1) is 15.6. The van der Waals surface area contributed by atoms with Crippen LogP contribution in [-0.2, 0) is 19.4 Å². The number of carbonyl (C=O) groups excluding carboxylic acids is 2. The molecule has 0 unspecified atom stereocenters. The number of carbonyl (C=O) groups is 2. The number of hydrogen-bond acceptors (Lipinski definition) is 6. The van der Waals surface area contributed by atoms with E-state index in [0.717, 1.165) is 0 Å². The molecule has 23 heavy (non-hydrogen) atoms. The van der Waals surface area contributed by atoms with Crippen LogP contribution < -0.4 is 5.32 Å². The molecule has 3 heterocycles. The van der Waals surface area contributed by atoms with E-state index in [9.17, 15) is 18.0 Å². The summed E-state index contributed by atoms with van der Waals surface area (Å²) in [6.45, 7) is 0. The molecule has 9 heteroatoms. The van der Waals surface area contributed by atoms with Gasteiger partial charge in [0.05, 0.1) is 17.5 Å². The summed E-state index contributed by atoms with van der Waals surface area (Å²) in [5.41, 5.74) is 0.810. The third-order valence-corrected chi connectivity index (χ3v) is 5.56. The molecule has 0 aliphatic carbocycles. The lowest BCUT2D eigenvalue weighted by atomic mass is 10.1. The predicted octanol–water partition coefficient (Wildman–Crippen LogP) is 0.186. The highest BCUT2D eigenvalue weighted by Crippen LogP contribution is 2.22. The molecule has 0 aromatic carbocycles. The zero-order valence-electron chi connectivity index (χ0n) is 12.3. The lowest BCUT2D eigenvalue weighted by Gasteiger charge is -2.27. The van der Waals surface area contributed by atoms with E-state index in [1.165, 1.54) is 5.01 Å². The lowest BCUT2D eigenvalue weighted by molar-refractivity contribution is -0.133. The third kappa shape index (κ3) is 3.55. The summed E-state index contributed by atoms with van der Waals surface area (Å²) >= 11 is 0. The molecule has 1 N–H and O–H groups in total. The summed E-state index contributed by atoms with van der Waals surface area (Å²) in [7, 11) is -3.13. The van der Waals surface area contributed by atoms with Crippen LogP contribution >= 0.6 is 0 Å². The second-order valence-corrected chi connectivity index (χ2v) is 7.76. The zero-order chi connectivity index (χ0) is 16.4. The Labute approximate surface area is 133 Å². The Bertz CT molecular complexity index is 760. The number of hydrazone groups is 1. The number of amides is 2. The molecule has 2 amide bonds. The van der Waals surface area contributed by atoms with Crippen LogP contribution in [0.1, 0.15) is 19.3 Å². The first-order valence-corrected chi connectivity index (χ1v) is 9.08. The van der Waals surface area contributed by atoms with E-state index in [1.54, 1.807) is 24.5 Å². The molecule has 0 radical (unpaired) electrons. The first-order valence-electron chi connectivity index (χ1n) is 7.26. The van der Waals surface area contributed by atoms with Crippen molar-refractivity contribution >= 4 is 33.1 Å². The number of hydrogen-bond donors (Lipinski definition) is 1. The molecule has 3 rings (SSSR count). The Morgan fingerprint density at radius 3 is 2.65 bits per heavy atom. The van der Waals surface area contributed by atoms with Gasteiger partial charge in [-0.2, -0.15) is 5.10 Å². The third-order valence-electron chi connectivity index (χ3n) is 3.81. The monoisotopic (exact) mass is 336 g/mol. The van der Waals surface area contributed by atoms with Crippen molar-refractivity contribution < 1.29 is 18.0 Å². The highest BCUT2D eigenvalue weighted by atomic mass is 32.2. The van der Waals surface area contributed by atoms with Crippen LogP contribution in [0.3, 0.4) is 0 Å². The van der Waals surface area contributed by atoms with Gasteiger partial charge in [0.1, 0.15) is 5.71 Å². The molecular formula is C14H16N4O4S. The molecule has 1 atom stereocenters. The van der Waals surface area contributed by atoms with Crippen molar-refractivity contribution in [1.29, 1.82) is 0 Å². The number of aromatic nitrogens is 1. The average molecular weight is 336 g/mol. The van der Waals surface area contributed by atoms with Crippen LogP contribution in [0.15, 0.2) is 29.6 Å². The Morgan fingerprint density at radius 2 is 2.00 bits per heavy atom. The van der Waals surface area contributed by atoms with Gasteiger partial charge >= 0.3 is 0 Å². The number of nitrogens with one attached hydrogen (secondary N) is 1. The fourth-order valence-corrected chi connectivity index (χ4v) is 4.32. The minimum absolute atomic E-state index is 0.0511. The van der Waals surface area contributed by atoms with E-state index in [1.807, 2.05) is 0 Å². The number of nitrogens with zero attached hydrogens (tertiary/aromatic N) is 3. The summed E-state index contributed by atoms with van der Waals surface area (Å²) in [6, 6.07) is 2.82. The summed E-state index contributed by atoms with van der Waals surface area (Å²) in [5, 5.41) is 7.98. The number of sulfone groups is 1. The largest absolute Gasteiger partial charge is 0.321 e. The molecular weight excluding hydrogens is 320 g/mol. The Morgan fingerprint density at radius 1 is 1.26 bits per heavy atom. The van der Waals surface area contributed by atoms with Gasteiger partial charge in [0.15, 0.2) is 9.84 Å². The number of pyridine rings is 1. The van der Waals surface area contributed by atoms with E-state index in [-0.39, 0.29) is 36.0 Å². The molecule has 1 fully saturated rings. The summed E-state index contributed by atoms with van der Waals surface area (Å²) in [4.78, 5) is 28.1. The standard InChI is InChI=1S/C14H16N4O4S/c19-13-2-1-12(14(20)16-10-3-6-15-7-4-10)17-18(13)11-5-8-23(21,22)9-11/h3-4,6-7,11H,1-2,5,8-9H2,(H,15,16,20)/t11-/m0/s1. The van der Waals surface area contributed by atoms with Gasteiger partial charge in [0, 0.05) is 30.9 Å². The van der Waals surface area contributed by atoms with Crippen LogP contribution in [0, 0.1) is 0 Å². The fraction of sp³-hybridized carbons (Fsp3) is 0.429. The highest BCUT2D eigenvalue weighted by Gasteiger charge is 2.37. The normalized spacial score (nSPS) is 23.5.